The average Bonchev–Trinajstić information content (AvgIpc) is 3.42. The zero-order valence-corrected chi connectivity index (χ0v) is 15.7. The van der Waals surface area contributed by atoms with Gasteiger partial charge in [-0.15, -0.1) is 10.2 Å². The predicted molar refractivity (Wildman–Crippen MR) is 100 cm³/mol. The number of hydrogen-bond donors (Lipinski definition) is 1. The summed E-state index contributed by atoms with van der Waals surface area (Å²) in [4.78, 5) is 14.5. The molecule has 0 bridgehead atoms. The maximum Gasteiger partial charge on any atom is 0.230 e. The molecule has 2 aromatic rings. The minimum Gasteiger partial charge on any atom is -0.467 e. The lowest BCUT2D eigenvalue weighted by molar-refractivity contribution is -0.119. The highest BCUT2D eigenvalue weighted by Gasteiger charge is 2.23. The van der Waals surface area contributed by atoms with Crippen LogP contribution >= 0.6 is 11.8 Å². The molecule has 8 heteroatoms. The second kappa shape index (κ2) is 8.16. The number of carbonyl (C=O) groups is 1. The normalized spacial score (nSPS) is 17.9. The van der Waals surface area contributed by atoms with Crippen molar-refractivity contribution >= 4 is 23.6 Å². The molecule has 0 aromatic carbocycles. The standard InChI is InChI=1S/C18H25N5O2S/c24-16(19-14-6-1-2-7-14)13-26-18-21-20-17(22-9-3-4-10-22)23(18)12-15-8-5-11-25-15/h5,8,11,14H,1-4,6-7,9-10,12-13H2,(H,19,24). The molecule has 1 N–H and O–H groups in total. The van der Waals surface area contributed by atoms with Crippen molar-refractivity contribution in [2.75, 3.05) is 23.7 Å². The van der Waals surface area contributed by atoms with Crippen molar-refractivity contribution in [2.45, 2.75) is 56.3 Å². The lowest BCUT2D eigenvalue weighted by atomic mass is 10.2. The van der Waals surface area contributed by atoms with Gasteiger partial charge in [0.1, 0.15) is 5.76 Å². The molecule has 7 nitrogen and oxygen atoms in total. The SMILES string of the molecule is O=C(CSc1nnc(N2CCCC2)n1Cc1ccco1)NC1CCCC1. The van der Waals surface area contributed by atoms with Crippen LogP contribution in [0.5, 0.6) is 0 Å². The van der Waals surface area contributed by atoms with E-state index >= 15 is 0 Å². The lowest BCUT2D eigenvalue weighted by Gasteiger charge is -2.17. The molecule has 1 aliphatic carbocycles. The molecule has 0 spiro atoms. The van der Waals surface area contributed by atoms with Gasteiger partial charge in [-0.2, -0.15) is 0 Å². The van der Waals surface area contributed by atoms with E-state index in [0.29, 0.717) is 18.3 Å². The highest BCUT2D eigenvalue weighted by Crippen LogP contribution is 2.26. The Morgan fingerprint density at radius 2 is 2.04 bits per heavy atom. The van der Waals surface area contributed by atoms with E-state index in [4.69, 9.17) is 4.42 Å². The quantitative estimate of drug-likeness (QED) is 0.750. The maximum absolute atomic E-state index is 12.2. The van der Waals surface area contributed by atoms with Crippen molar-refractivity contribution in [3.63, 3.8) is 0 Å². The van der Waals surface area contributed by atoms with Crippen LogP contribution in [0.15, 0.2) is 28.0 Å². The Morgan fingerprint density at radius 1 is 1.23 bits per heavy atom. The van der Waals surface area contributed by atoms with E-state index in [9.17, 15) is 4.79 Å². The third-order valence-electron chi connectivity index (χ3n) is 5.03. The molecule has 0 unspecified atom stereocenters. The second-order valence-corrected chi connectivity index (χ2v) is 7.92. The Hall–Kier alpha value is -1.96. The monoisotopic (exact) mass is 375 g/mol. The summed E-state index contributed by atoms with van der Waals surface area (Å²) < 4.78 is 7.58. The van der Waals surface area contributed by atoms with Crippen molar-refractivity contribution in [1.82, 2.24) is 20.1 Å². The minimum absolute atomic E-state index is 0.0807. The van der Waals surface area contributed by atoms with Gasteiger partial charge < -0.3 is 14.6 Å². The Bertz CT molecular complexity index is 718. The first-order chi connectivity index (χ1) is 12.8. The van der Waals surface area contributed by atoms with E-state index in [-0.39, 0.29) is 5.91 Å². The molecule has 0 atom stereocenters. The van der Waals surface area contributed by atoms with E-state index in [2.05, 4.69) is 25.0 Å². The fraction of sp³-hybridized carbons (Fsp3) is 0.611. The second-order valence-electron chi connectivity index (χ2n) is 6.98. The molecule has 2 aliphatic rings. The van der Waals surface area contributed by atoms with Crippen LogP contribution in [0, 0.1) is 0 Å². The Balaban J connectivity index is 1.44. The summed E-state index contributed by atoms with van der Waals surface area (Å²) in [5.41, 5.74) is 0. The number of nitrogens with zero attached hydrogens (tertiary/aromatic N) is 4. The predicted octanol–water partition coefficient (Wildman–Crippen LogP) is 2.67. The van der Waals surface area contributed by atoms with Gasteiger partial charge in [0.2, 0.25) is 11.9 Å². The molecule has 1 amide bonds. The zero-order chi connectivity index (χ0) is 17.8. The van der Waals surface area contributed by atoms with E-state index in [1.807, 2.05) is 12.1 Å². The van der Waals surface area contributed by atoms with Crippen LogP contribution in [-0.4, -0.2) is 45.6 Å². The van der Waals surface area contributed by atoms with Gasteiger partial charge in [-0.25, -0.2) is 0 Å². The van der Waals surface area contributed by atoms with Crippen LogP contribution in [0.25, 0.3) is 0 Å². The molecular weight excluding hydrogens is 350 g/mol. The number of aromatic nitrogens is 3. The highest BCUT2D eigenvalue weighted by atomic mass is 32.2. The van der Waals surface area contributed by atoms with Crippen LogP contribution in [0.4, 0.5) is 5.95 Å². The third-order valence-corrected chi connectivity index (χ3v) is 6.00. The number of hydrogen-bond acceptors (Lipinski definition) is 6. The molecule has 0 radical (unpaired) electrons. The summed E-state index contributed by atoms with van der Waals surface area (Å²) in [7, 11) is 0. The van der Waals surface area contributed by atoms with Crippen molar-refractivity contribution in [1.29, 1.82) is 0 Å². The molecule has 26 heavy (non-hydrogen) atoms. The molecule has 3 heterocycles. The smallest absolute Gasteiger partial charge is 0.230 e. The van der Waals surface area contributed by atoms with Crippen LogP contribution < -0.4 is 10.2 Å². The molecule has 2 fully saturated rings. The first-order valence-electron chi connectivity index (χ1n) is 9.42. The van der Waals surface area contributed by atoms with Gasteiger partial charge in [-0.05, 0) is 37.8 Å². The van der Waals surface area contributed by atoms with Gasteiger partial charge in [0.15, 0.2) is 5.16 Å². The fourth-order valence-corrected chi connectivity index (χ4v) is 4.45. The maximum atomic E-state index is 12.2. The van der Waals surface area contributed by atoms with E-state index < -0.39 is 0 Å². The average molecular weight is 375 g/mol. The van der Waals surface area contributed by atoms with Crippen LogP contribution in [0.1, 0.15) is 44.3 Å². The molecule has 4 rings (SSSR count). The lowest BCUT2D eigenvalue weighted by Crippen LogP contribution is -2.33. The minimum atomic E-state index is 0.0807. The number of nitrogens with one attached hydrogen (secondary N) is 1. The molecule has 1 saturated carbocycles. The van der Waals surface area contributed by atoms with Gasteiger partial charge >= 0.3 is 0 Å². The number of furan rings is 1. The Kier molecular flexibility index (Phi) is 5.48. The number of anilines is 1. The Morgan fingerprint density at radius 3 is 2.77 bits per heavy atom. The molecule has 1 saturated heterocycles. The van der Waals surface area contributed by atoms with Gasteiger partial charge in [0, 0.05) is 19.1 Å². The summed E-state index contributed by atoms with van der Waals surface area (Å²) in [6.45, 7) is 2.59. The van der Waals surface area contributed by atoms with Gasteiger partial charge in [0.25, 0.3) is 0 Å². The number of thioether (sulfide) groups is 1. The topological polar surface area (TPSA) is 76.2 Å². The van der Waals surface area contributed by atoms with Crippen LogP contribution in [0.3, 0.4) is 0 Å². The van der Waals surface area contributed by atoms with Crippen molar-refractivity contribution < 1.29 is 9.21 Å². The van der Waals surface area contributed by atoms with E-state index in [0.717, 1.165) is 42.8 Å². The first kappa shape index (κ1) is 17.5. The largest absolute Gasteiger partial charge is 0.467 e. The number of rotatable bonds is 7. The van der Waals surface area contributed by atoms with E-state index in [1.54, 1.807) is 6.26 Å². The van der Waals surface area contributed by atoms with E-state index in [1.165, 1.54) is 37.4 Å². The fourth-order valence-electron chi connectivity index (χ4n) is 3.71. The number of amides is 1. The van der Waals surface area contributed by atoms with Crippen molar-refractivity contribution in [3.8, 4) is 0 Å². The number of carbonyl (C=O) groups excluding carboxylic acids is 1. The van der Waals surface area contributed by atoms with Crippen LogP contribution in [0.2, 0.25) is 0 Å². The summed E-state index contributed by atoms with van der Waals surface area (Å²) in [5.74, 6) is 2.18. The molecule has 2 aromatic heterocycles. The molecular formula is C18H25N5O2S. The highest BCUT2D eigenvalue weighted by molar-refractivity contribution is 7.99. The summed E-state index contributed by atoms with van der Waals surface area (Å²) in [5, 5.41) is 12.7. The van der Waals surface area contributed by atoms with Gasteiger partial charge in [-0.1, -0.05) is 24.6 Å². The third kappa shape index (κ3) is 4.06. The van der Waals surface area contributed by atoms with Crippen molar-refractivity contribution in [2.24, 2.45) is 0 Å². The summed E-state index contributed by atoms with van der Waals surface area (Å²) in [6.07, 6.45) is 8.68. The summed E-state index contributed by atoms with van der Waals surface area (Å²) in [6, 6.07) is 4.19. The first-order valence-corrected chi connectivity index (χ1v) is 10.4. The molecule has 140 valence electrons. The van der Waals surface area contributed by atoms with Gasteiger partial charge in [-0.3, -0.25) is 9.36 Å². The Labute approximate surface area is 157 Å². The van der Waals surface area contributed by atoms with Crippen molar-refractivity contribution in [3.05, 3.63) is 24.2 Å². The van der Waals surface area contributed by atoms with Crippen LogP contribution in [-0.2, 0) is 11.3 Å². The van der Waals surface area contributed by atoms with Gasteiger partial charge in [0.05, 0.1) is 18.6 Å². The molecule has 1 aliphatic heterocycles. The summed E-state index contributed by atoms with van der Waals surface area (Å²) >= 11 is 1.45. The zero-order valence-electron chi connectivity index (χ0n) is 14.9.